The summed E-state index contributed by atoms with van der Waals surface area (Å²) in [6.07, 6.45) is 15.9. The lowest BCUT2D eigenvalue weighted by Crippen LogP contribution is -2.02. The van der Waals surface area contributed by atoms with E-state index in [0.29, 0.717) is 13.0 Å². The molecule has 0 rings (SSSR count). The normalized spacial score (nSPS) is 11.4. The lowest BCUT2D eigenvalue weighted by Gasteiger charge is -1.97. The van der Waals surface area contributed by atoms with Gasteiger partial charge in [0.25, 0.3) is 0 Å². The van der Waals surface area contributed by atoms with Crippen LogP contribution < -0.4 is 0 Å². The molecule has 0 saturated carbocycles. The summed E-state index contributed by atoms with van der Waals surface area (Å²) < 4.78 is 4.84. The molecular weight excluding hydrogens is 212 g/mol. The van der Waals surface area contributed by atoms with Gasteiger partial charge in [0.1, 0.15) is 0 Å². The number of hydrogen-bond donors (Lipinski definition) is 0. The molecule has 0 aromatic rings. The molecule has 0 amide bonds. The zero-order valence-corrected chi connectivity index (χ0v) is 11.3. The van der Waals surface area contributed by atoms with Crippen LogP contribution in [0, 0.1) is 0 Å². The molecule has 0 fully saturated rings. The first kappa shape index (κ1) is 16.0. The predicted molar refractivity (Wildman–Crippen MR) is 72.9 cm³/mol. The molecule has 2 heteroatoms. The summed E-state index contributed by atoms with van der Waals surface area (Å²) >= 11 is 0. The summed E-state index contributed by atoms with van der Waals surface area (Å²) in [7, 11) is 0. The van der Waals surface area contributed by atoms with E-state index in [2.05, 4.69) is 31.2 Å². The Kier molecular flexibility index (Phi) is 12.2. The zero-order valence-electron chi connectivity index (χ0n) is 11.3. The molecule has 0 bridgehead atoms. The Hall–Kier alpha value is -1.05. The third-order valence-electron chi connectivity index (χ3n) is 2.38. The second-order valence-corrected chi connectivity index (χ2v) is 4.01. The Labute approximate surface area is 106 Å². The van der Waals surface area contributed by atoms with E-state index < -0.39 is 0 Å². The van der Waals surface area contributed by atoms with Gasteiger partial charge in [0.2, 0.25) is 0 Å². The Morgan fingerprint density at radius 1 is 0.941 bits per heavy atom. The maximum Gasteiger partial charge on any atom is 0.306 e. The molecule has 0 aliphatic rings. The van der Waals surface area contributed by atoms with Gasteiger partial charge in [0, 0.05) is 6.42 Å². The minimum atomic E-state index is -0.100. The molecule has 0 aliphatic heterocycles. The molecule has 0 aromatic carbocycles. The van der Waals surface area contributed by atoms with Crippen molar-refractivity contribution in [2.75, 3.05) is 6.61 Å². The molecule has 17 heavy (non-hydrogen) atoms. The molecule has 0 saturated heterocycles. The second-order valence-electron chi connectivity index (χ2n) is 4.01. The number of allylic oxidation sites excluding steroid dienone is 4. The van der Waals surface area contributed by atoms with E-state index in [0.717, 1.165) is 19.3 Å². The molecule has 0 aliphatic carbocycles. The molecule has 0 N–H and O–H groups in total. The summed E-state index contributed by atoms with van der Waals surface area (Å²) in [5.74, 6) is -0.100. The highest BCUT2D eigenvalue weighted by Gasteiger charge is 1.97. The quantitative estimate of drug-likeness (QED) is 0.320. The number of carbonyl (C=O) groups excluding carboxylic acids is 1. The molecule has 0 heterocycles. The average Bonchev–Trinajstić information content (AvgIpc) is 2.32. The van der Waals surface area contributed by atoms with E-state index >= 15 is 0 Å². The molecule has 0 spiro atoms. The van der Waals surface area contributed by atoms with Crippen LogP contribution in [0.5, 0.6) is 0 Å². The van der Waals surface area contributed by atoms with E-state index in [1.165, 1.54) is 19.3 Å². The molecular formula is C15H26O2. The lowest BCUT2D eigenvalue weighted by atomic mass is 10.2. The maximum absolute atomic E-state index is 11.0. The molecule has 0 unspecified atom stereocenters. The van der Waals surface area contributed by atoms with Gasteiger partial charge in [-0.15, -0.1) is 0 Å². The fourth-order valence-electron chi connectivity index (χ4n) is 1.42. The van der Waals surface area contributed by atoms with Gasteiger partial charge in [-0.25, -0.2) is 0 Å². The molecule has 0 aromatic heterocycles. The summed E-state index contributed by atoms with van der Waals surface area (Å²) in [5.41, 5.74) is 0. The lowest BCUT2D eigenvalue weighted by molar-refractivity contribution is -0.142. The monoisotopic (exact) mass is 238 g/mol. The predicted octanol–water partition coefficient (Wildman–Crippen LogP) is 4.41. The van der Waals surface area contributed by atoms with E-state index in [1.807, 2.05) is 6.92 Å². The fraction of sp³-hybridized carbons (Fsp3) is 0.667. The Bertz CT molecular complexity index is 229. The zero-order chi connectivity index (χ0) is 12.8. The summed E-state index contributed by atoms with van der Waals surface area (Å²) in [6.45, 7) is 4.52. The average molecular weight is 238 g/mol. The van der Waals surface area contributed by atoms with Gasteiger partial charge in [0.15, 0.2) is 0 Å². The molecule has 0 radical (unpaired) electrons. The van der Waals surface area contributed by atoms with Crippen molar-refractivity contribution in [3.8, 4) is 0 Å². The number of carbonyl (C=O) groups is 1. The maximum atomic E-state index is 11.0. The molecule has 2 nitrogen and oxygen atoms in total. The van der Waals surface area contributed by atoms with Crippen molar-refractivity contribution < 1.29 is 9.53 Å². The van der Waals surface area contributed by atoms with Crippen LogP contribution >= 0.6 is 0 Å². The number of rotatable bonds is 10. The van der Waals surface area contributed by atoms with Crippen LogP contribution in [0.3, 0.4) is 0 Å². The second kappa shape index (κ2) is 13.0. The van der Waals surface area contributed by atoms with Crippen LogP contribution in [0.2, 0.25) is 0 Å². The van der Waals surface area contributed by atoms with Crippen molar-refractivity contribution in [2.24, 2.45) is 0 Å². The highest BCUT2D eigenvalue weighted by molar-refractivity contribution is 5.69. The van der Waals surface area contributed by atoms with Gasteiger partial charge >= 0.3 is 5.97 Å². The van der Waals surface area contributed by atoms with E-state index in [-0.39, 0.29) is 5.97 Å². The number of hydrogen-bond acceptors (Lipinski definition) is 2. The highest BCUT2D eigenvalue weighted by atomic mass is 16.5. The van der Waals surface area contributed by atoms with Crippen molar-refractivity contribution >= 4 is 5.97 Å². The first-order valence-electron chi connectivity index (χ1n) is 6.76. The third-order valence-corrected chi connectivity index (χ3v) is 2.38. The van der Waals surface area contributed by atoms with Crippen LogP contribution in [-0.2, 0) is 9.53 Å². The Balaban J connectivity index is 3.30. The van der Waals surface area contributed by atoms with Gasteiger partial charge in [-0.05, 0) is 32.6 Å². The third kappa shape index (κ3) is 12.9. The number of unbranched alkanes of at least 4 members (excludes halogenated alkanes) is 3. The minimum absolute atomic E-state index is 0.100. The van der Waals surface area contributed by atoms with Crippen LogP contribution in [0.15, 0.2) is 24.3 Å². The molecule has 0 atom stereocenters. The van der Waals surface area contributed by atoms with Gasteiger partial charge < -0.3 is 4.74 Å². The van der Waals surface area contributed by atoms with Crippen molar-refractivity contribution in [1.29, 1.82) is 0 Å². The first-order valence-corrected chi connectivity index (χ1v) is 6.76. The van der Waals surface area contributed by atoms with Crippen molar-refractivity contribution in [1.82, 2.24) is 0 Å². The van der Waals surface area contributed by atoms with Gasteiger partial charge in [-0.1, -0.05) is 44.1 Å². The largest absolute Gasteiger partial charge is 0.466 e. The summed E-state index contributed by atoms with van der Waals surface area (Å²) in [6, 6.07) is 0. The van der Waals surface area contributed by atoms with Crippen molar-refractivity contribution in [3.63, 3.8) is 0 Å². The fourth-order valence-corrected chi connectivity index (χ4v) is 1.42. The van der Waals surface area contributed by atoms with E-state index in [9.17, 15) is 4.79 Å². The highest BCUT2D eigenvalue weighted by Crippen LogP contribution is 2.00. The van der Waals surface area contributed by atoms with Gasteiger partial charge in [-0.3, -0.25) is 4.79 Å². The van der Waals surface area contributed by atoms with E-state index in [1.54, 1.807) is 0 Å². The topological polar surface area (TPSA) is 26.3 Å². The van der Waals surface area contributed by atoms with E-state index in [4.69, 9.17) is 4.74 Å². The smallest absolute Gasteiger partial charge is 0.306 e. The molecule has 98 valence electrons. The number of ether oxygens (including phenoxy) is 1. The summed E-state index contributed by atoms with van der Waals surface area (Å²) in [5, 5.41) is 0. The first-order chi connectivity index (χ1) is 8.31. The van der Waals surface area contributed by atoms with Crippen LogP contribution in [0.4, 0.5) is 0 Å². The van der Waals surface area contributed by atoms with Crippen LogP contribution in [0.1, 0.15) is 58.8 Å². The van der Waals surface area contributed by atoms with Crippen molar-refractivity contribution in [3.05, 3.63) is 24.3 Å². The Morgan fingerprint density at radius 2 is 1.53 bits per heavy atom. The van der Waals surface area contributed by atoms with Gasteiger partial charge in [-0.2, -0.15) is 0 Å². The number of esters is 1. The summed E-state index contributed by atoms with van der Waals surface area (Å²) in [4.78, 5) is 11.0. The Morgan fingerprint density at radius 3 is 2.12 bits per heavy atom. The van der Waals surface area contributed by atoms with Crippen molar-refractivity contribution in [2.45, 2.75) is 58.8 Å². The standard InChI is InChI=1S/C15H26O2/c1-3-5-6-7-8-9-10-11-12-13-14-15(16)17-4-2/h7-8,11-12H,3-6,9-10,13-14H2,1-2H3. The van der Waals surface area contributed by atoms with Crippen LogP contribution in [-0.4, -0.2) is 12.6 Å². The minimum Gasteiger partial charge on any atom is -0.466 e. The SMILES string of the molecule is CCCCC=CCCC=CCCC(=O)OCC. The van der Waals surface area contributed by atoms with Crippen LogP contribution in [0.25, 0.3) is 0 Å². The van der Waals surface area contributed by atoms with Gasteiger partial charge in [0.05, 0.1) is 6.61 Å².